The minimum atomic E-state index is 0.0336. The summed E-state index contributed by atoms with van der Waals surface area (Å²) in [5, 5.41) is 0.682. The van der Waals surface area contributed by atoms with Gasteiger partial charge in [-0.2, -0.15) is 0 Å². The Bertz CT molecular complexity index is 605. The van der Waals surface area contributed by atoms with Gasteiger partial charge in [0.1, 0.15) is 12.4 Å². The Morgan fingerprint density at radius 2 is 1.95 bits per heavy atom. The van der Waals surface area contributed by atoms with Crippen LogP contribution in [-0.4, -0.2) is 5.78 Å². The number of ketones is 1. The molecule has 98 valence electrons. The van der Waals surface area contributed by atoms with Crippen molar-refractivity contribution < 1.29 is 9.53 Å². The van der Waals surface area contributed by atoms with E-state index in [1.807, 2.05) is 43.3 Å². The number of halogens is 1. The molecule has 2 aromatic rings. The molecule has 0 aliphatic heterocycles. The maximum Gasteiger partial charge on any atom is 0.159 e. The highest BCUT2D eigenvalue weighted by Gasteiger charge is 2.05. The highest BCUT2D eigenvalue weighted by Crippen LogP contribution is 2.21. The lowest BCUT2D eigenvalue weighted by molar-refractivity contribution is 0.101. The average Bonchev–Trinajstić information content (AvgIpc) is 2.37. The van der Waals surface area contributed by atoms with Crippen molar-refractivity contribution in [1.29, 1.82) is 0 Å². The fraction of sp³-hybridized carbons (Fsp3) is 0.188. The number of benzene rings is 2. The summed E-state index contributed by atoms with van der Waals surface area (Å²) in [5.41, 5.74) is 2.59. The van der Waals surface area contributed by atoms with Crippen LogP contribution in [0.4, 0.5) is 0 Å². The quantitative estimate of drug-likeness (QED) is 0.771. The van der Waals surface area contributed by atoms with Crippen LogP contribution in [0.15, 0.2) is 42.5 Å². The smallest absolute Gasteiger partial charge is 0.159 e. The van der Waals surface area contributed by atoms with Crippen molar-refractivity contribution in [2.75, 3.05) is 0 Å². The Hall–Kier alpha value is -1.80. The van der Waals surface area contributed by atoms with Crippen molar-refractivity contribution in [2.24, 2.45) is 0 Å². The van der Waals surface area contributed by atoms with Crippen molar-refractivity contribution in [3.63, 3.8) is 0 Å². The molecule has 2 aromatic carbocycles. The van der Waals surface area contributed by atoms with Gasteiger partial charge < -0.3 is 4.74 Å². The fourth-order valence-electron chi connectivity index (χ4n) is 1.81. The van der Waals surface area contributed by atoms with Crippen LogP contribution in [0.5, 0.6) is 5.75 Å². The minimum absolute atomic E-state index is 0.0336. The lowest BCUT2D eigenvalue weighted by Crippen LogP contribution is -1.99. The molecule has 19 heavy (non-hydrogen) atoms. The molecule has 0 bridgehead atoms. The lowest BCUT2D eigenvalue weighted by atomic mass is 10.1. The molecule has 0 saturated carbocycles. The van der Waals surface area contributed by atoms with Crippen LogP contribution < -0.4 is 4.74 Å². The molecule has 0 heterocycles. The Morgan fingerprint density at radius 3 is 2.63 bits per heavy atom. The Morgan fingerprint density at radius 1 is 1.21 bits per heavy atom. The molecule has 0 N–H and O–H groups in total. The number of aryl methyl sites for hydroxylation is 1. The SMILES string of the molecule is CC(=O)c1cc(C)cc(OCc2ccccc2Cl)c1. The van der Waals surface area contributed by atoms with E-state index in [0.717, 1.165) is 11.1 Å². The van der Waals surface area contributed by atoms with Gasteiger partial charge in [-0.3, -0.25) is 4.79 Å². The van der Waals surface area contributed by atoms with Crippen molar-refractivity contribution in [2.45, 2.75) is 20.5 Å². The molecule has 0 aliphatic rings. The molecule has 3 heteroatoms. The summed E-state index contributed by atoms with van der Waals surface area (Å²) in [6, 6.07) is 13.1. The highest BCUT2D eigenvalue weighted by atomic mass is 35.5. The van der Waals surface area contributed by atoms with Crippen molar-refractivity contribution >= 4 is 17.4 Å². The monoisotopic (exact) mass is 274 g/mol. The third-order valence-electron chi connectivity index (χ3n) is 2.81. The maximum absolute atomic E-state index is 11.4. The predicted molar refractivity (Wildman–Crippen MR) is 77.0 cm³/mol. The van der Waals surface area contributed by atoms with E-state index in [2.05, 4.69) is 0 Å². The second-order valence-corrected chi connectivity index (χ2v) is 4.88. The Kier molecular flexibility index (Phi) is 4.23. The van der Waals surface area contributed by atoms with Gasteiger partial charge in [-0.05, 0) is 43.7 Å². The molecule has 0 aliphatic carbocycles. The highest BCUT2D eigenvalue weighted by molar-refractivity contribution is 6.31. The van der Waals surface area contributed by atoms with E-state index in [1.165, 1.54) is 0 Å². The van der Waals surface area contributed by atoms with E-state index in [9.17, 15) is 4.79 Å². The molecule has 2 rings (SSSR count). The second-order valence-electron chi connectivity index (χ2n) is 4.47. The van der Waals surface area contributed by atoms with Gasteiger partial charge in [0, 0.05) is 16.1 Å². The summed E-state index contributed by atoms with van der Waals surface area (Å²) in [7, 11) is 0. The van der Waals surface area contributed by atoms with Crippen LogP contribution in [0, 0.1) is 6.92 Å². The molecular weight excluding hydrogens is 260 g/mol. The number of hydrogen-bond donors (Lipinski definition) is 0. The normalized spacial score (nSPS) is 10.3. The van der Waals surface area contributed by atoms with Gasteiger partial charge in [0.15, 0.2) is 5.78 Å². The van der Waals surface area contributed by atoms with Crippen LogP contribution >= 0.6 is 11.6 Å². The van der Waals surface area contributed by atoms with E-state index in [0.29, 0.717) is 22.9 Å². The van der Waals surface area contributed by atoms with Gasteiger partial charge in [-0.1, -0.05) is 29.8 Å². The van der Waals surface area contributed by atoms with E-state index in [4.69, 9.17) is 16.3 Å². The number of carbonyl (C=O) groups excluding carboxylic acids is 1. The number of hydrogen-bond acceptors (Lipinski definition) is 2. The first-order valence-corrected chi connectivity index (χ1v) is 6.43. The summed E-state index contributed by atoms with van der Waals surface area (Å²) in [4.78, 5) is 11.4. The van der Waals surface area contributed by atoms with Crippen molar-refractivity contribution in [3.05, 3.63) is 64.2 Å². The molecule has 0 atom stereocenters. The Balaban J connectivity index is 2.16. The number of Topliss-reactive ketones (excluding diaryl/α,β-unsaturated/α-hetero) is 1. The molecule has 0 aromatic heterocycles. The van der Waals surface area contributed by atoms with Crippen LogP contribution in [0.1, 0.15) is 28.4 Å². The average molecular weight is 275 g/mol. The van der Waals surface area contributed by atoms with Crippen LogP contribution in [-0.2, 0) is 6.61 Å². The third kappa shape index (κ3) is 3.58. The Labute approximate surface area is 118 Å². The number of ether oxygens (including phenoxy) is 1. The first-order valence-electron chi connectivity index (χ1n) is 6.05. The van der Waals surface area contributed by atoms with Crippen LogP contribution in [0.25, 0.3) is 0 Å². The summed E-state index contributed by atoms with van der Waals surface area (Å²) in [6.45, 7) is 3.88. The van der Waals surface area contributed by atoms with E-state index in [-0.39, 0.29) is 5.78 Å². The second kappa shape index (κ2) is 5.89. The molecule has 2 nitrogen and oxygen atoms in total. The predicted octanol–water partition coefficient (Wildman–Crippen LogP) is 4.43. The van der Waals surface area contributed by atoms with E-state index < -0.39 is 0 Å². The van der Waals surface area contributed by atoms with Gasteiger partial charge >= 0.3 is 0 Å². The third-order valence-corrected chi connectivity index (χ3v) is 3.18. The van der Waals surface area contributed by atoms with E-state index >= 15 is 0 Å². The number of carbonyl (C=O) groups is 1. The zero-order valence-corrected chi connectivity index (χ0v) is 11.7. The zero-order chi connectivity index (χ0) is 13.8. The van der Waals surface area contributed by atoms with Gasteiger partial charge in [0.25, 0.3) is 0 Å². The van der Waals surface area contributed by atoms with Crippen molar-refractivity contribution in [1.82, 2.24) is 0 Å². The van der Waals surface area contributed by atoms with Crippen LogP contribution in [0.3, 0.4) is 0 Å². The fourth-order valence-corrected chi connectivity index (χ4v) is 2.00. The summed E-state index contributed by atoms with van der Waals surface area (Å²) in [6.07, 6.45) is 0. The standard InChI is InChI=1S/C16H15ClO2/c1-11-7-14(12(2)18)9-15(8-11)19-10-13-5-3-4-6-16(13)17/h3-9H,10H2,1-2H3. The maximum atomic E-state index is 11.4. The number of rotatable bonds is 4. The zero-order valence-electron chi connectivity index (χ0n) is 10.9. The molecule has 0 unspecified atom stereocenters. The minimum Gasteiger partial charge on any atom is -0.489 e. The molecule has 0 radical (unpaired) electrons. The first kappa shape index (κ1) is 13.6. The molecule has 0 spiro atoms. The van der Waals surface area contributed by atoms with Gasteiger partial charge in [0.2, 0.25) is 0 Å². The van der Waals surface area contributed by atoms with E-state index in [1.54, 1.807) is 13.0 Å². The first-order chi connectivity index (χ1) is 9.06. The summed E-state index contributed by atoms with van der Waals surface area (Å²) < 4.78 is 5.71. The van der Waals surface area contributed by atoms with Gasteiger partial charge in [-0.25, -0.2) is 0 Å². The molecule has 0 fully saturated rings. The molecule has 0 saturated heterocycles. The molecule has 0 amide bonds. The lowest BCUT2D eigenvalue weighted by Gasteiger charge is -2.09. The summed E-state index contributed by atoms with van der Waals surface area (Å²) >= 11 is 6.07. The van der Waals surface area contributed by atoms with Gasteiger partial charge in [-0.15, -0.1) is 0 Å². The molecular formula is C16H15ClO2. The van der Waals surface area contributed by atoms with Crippen LogP contribution in [0.2, 0.25) is 5.02 Å². The van der Waals surface area contributed by atoms with Crippen molar-refractivity contribution in [3.8, 4) is 5.75 Å². The summed E-state index contributed by atoms with van der Waals surface area (Å²) in [5.74, 6) is 0.719. The van der Waals surface area contributed by atoms with Gasteiger partial charge in [0.05, 0.1) is 0 Å². The largest absolute Gasteiger partial charge is 0.489 e. The topological polar surface area (TPSA) is 26.3 Å².